The van der Waals surface area contributed by atoms with Crippen LogP contribution in [0.3, 0.4) is 0 Å². The number of fused-ring (bicyclic) bond motifs is 1. The van der Waals surface area contributed by atoms with Gasteiger partial charge in [0.05, 0.1) is 5.69 Å². The number of nitrogens with one attached hydrogen (secondary N) is 2. The van der Waals surface area contributed by atoms with E-state index in [1.165, 1.54) is 28.9 Å². The minimum absolute atomic E-state index is 0.0523. The second kappa shape index (κ2) is 7.69. The Balaban J connectivity index is 1.80. The van der Waals surface area contributed by atoms with Crippen molar-refractivity contribution in [2.45, 2.75) is 31.4 Å². The molecular formula is C17H19FN4O2S. The van der Waals surface area contributed by atoms with Crippen molar-refractivity contribution in [1.82, 2.24) is 15.1 Å². The fourth-order valence-electron chi connectivity index (χ4n) is 2.56. The highest BCUT2D eigenvalue weighted by Gasteiger charge is 2.25. The molecule has 2 heterocycles. The van der Waals surface area contributed by atoms with E-state index >= 15 is 0 Å². The Labute approximate surface area is 149 Å². The van der Waals surface area contributed by atoms with E-state index in [4.69, 9.17) is 0 Å². The van der Waals surface area contributed by atoms with Crippen LogP contribution in [0.1, 0.15) is 35.0 Å². The van der Waals surface area contributed by atoms with E-state index in [1.54, 1.807) is 11.8 Å². The molecule has 132 valence electrons. The number of thioether (sulfide) groups is 1. The molecule has 2 N–H and O–H groups in total. The normalized spacial score (nSPS) is 12.7. The van der Waals surface area contributed by atoms with Crippen molar-refractivity contribution in [3.05, 3.63) is 46.9 Å². The average Bonchev–Trinajstić information content (AvgIpc) is 3.16. The van der Waals surface area contributed by atoms with E-state index in [2.05, 4.69) is 15.7 Å². The Kier molecular flexibility index (Phi) is 5.37. The molecule has 0 atom stereocenters. The van der Waals surface area contributed by atoms with Gasteiger partial charge in [-0.15, -0.1) is 0 Å². The minimum Gasteiger partial charge on any atom is -0.355 e. The first-order chi connectivity index (χ1) is 12.1. The predicted octanol–water partition coefficient (Wildman–Crippen LogP) is 2.55. The molecule has 1 aromatic heterocycles. The quantitative estimate of drug-likeness (QED) is 0.828. The first-order valence-corrected chi connectivity index (χ1v) is 9.24. The molecule has 6 nitrogen and oxygen atoms in total. The number of hydrogen-bond acceptors (Lipinski definition) is 4. The van der Waals surface area contributed by atoms with Gasteiger partial charge < -0.3 is 10.6 Å². The third-order valence-corrected chi connectivity index (χ3v) is 4.79. The van der Waals surface area contributed by atoms with Crippen LogP contribution in [0.25, 0.3) is 0 Å². The molecule has 8 heteroatoms. The van der Waals surface area contributed by atoms with Crippen molar-refractivity contribution >= 4 is 29.4 Å². The number of aromatic nitrogens is 2. The van der Waals surface area contributed by atoms with Crippen LogP contribution in [0.2, 0.25) is 0 Å². The molecule has 0 radical (unpaired) electrons. The molecule has 0 bridgehead atoms. The van der Waals surface area contributed by atoms with Crippen molar-refractivity contribution < 1.29 is 14.0 Å². The van der Waals surface area contributed by atoms with Crippen LogP contribution < -0.4 is 10.6 Å². The van der Waals surface area contributed by atoms with Crippen LogP contribution in [-0.2, 0) is 22.8 Å². The maximum Gasteiger partial charge on any atom is 0.256 e. The highest BCUT2D eigenvalue weighted by molar-refractivity contribution is 7.98. The molecule has 3 rings (SSSR count). The van der Waals surface area contributed by atoms with Gasteiger partial charge in [-0.2, -0.15) is 16.9 Å². The topological polar surface area (TPSA) is 76.0 Å². The van der Waals surface area contributed by atoms with Gasteiger partial charge in [0.2, 0.25) is 5.91 Å². The summed E-state index contributed by atoms with van der Waals surface area (Å²) in [6, 6.07) is 5.33. The minimum atomic E-state index is -0.397. The summed E-state index contributed by atoms with van der Waals surface area (Å²) in [6.07, 6.45) is 0.853. The predicted molar refractivity (Wildman–Crippen MR) is 94.9 cm³/mol. The molecule has 2 aromatic rings. The lowest BCUT2D eigenvalue weighted by Gasteiger charge is -2.11. The van der Waals surface area contributed by atoms with Gasteiger partial charge in [-0.3, -0.25) is 9.59 Å². The number of benzene rings is 1. The molecular weight excluding hydrogens is 343 g/mol. The van der Waals surface area contributed by atoms with Crippen molar-refractivity contribution in [3.63, 3.8) is 0 Å². The third-order valence-electron chi connectivity index (χ3n) is 3.82. The van der Waals surface area contributed by atoms with Crippen molar-refractivity contribution in [2.24, 2.45) is 0 Å². The van der Waals surface area contributed by atoms with E-state index in [0.717, 1.165) is 29.2 Å². The Morgan fingerprint density at radius 3 is 2.76 bits per heavy atom. The van der Waals surface area contributed by atoms with Gasteiger partial charge in [0.15, 0.2) is 0 Å². The third kappa shape index (κ3) is 4.01. The van der Waals surface area contributed by atoms with Crippen LogP contribution in [0.4, 0.5) is 10.2 Å². The van der Waals surface area contributed by atoms with Crippen molar-refractivity contribution in [2.75, 3.05) is 11.9 Å². The van der Waals surface area contributed by atoms with Crippen LogP contribution in [-0.4, -0.2) is 28.1 Å². The SMILES string of the molecule is CCCNC(=O)Cn1nc2c(c1NC(=O)c1ccc(F)cc1)CSC2. The highest BCUT2D eigenvalue weighted by atomic mass is 32.2. The van der Waals surface area contributed by atoms with E-state index in [0.29, 0.717) is 17.9 Å². The Morgan fingerprint density at radius 1 is 1.28 bits per heavy atom. The van der Waals surface area contributed by atoms with E-state index in [1.807, 2.05) is 6.92 Å². The van der Waals surface area contributed by atoms with Gasteiger partial charge in [-0.25, -0.2) is 9.07 Å². The Hall–Kier alpha value is -2.35. The molecule has 1 aromatic carbocycles. The second-order valence-electron chi connectivity index (χ2n) is 5.74. The number of rotatable bonds is 6. The van der Waals surface area contributed by atoms with Crippen molar-refractivity contribution in [3.8, 4) is 0 Å². The largest absolute Gasteiger partial charge is 0.355 e. The van der Waals surface area contributed by atoms with Gasteiger partial charge in [0, 0.05) is 29.2 Å². The van der Waals surface area contributed by atoms with Gasteiger partial charge in [-0.1, -0.05) is 6.92 Å². The van der Waals surface area contributed by atoms with Gasteiger partial charge in [0.25, 0.3) is 5.91 Å². The Morgan fingerprint density at radius 2 is 2.04 bits per heavy atom. The summed E-state index contributed by atoms with van der Waals surface area (Å²) in [7, 11) is 0. The lowest BCUT2D eigenvalue weighted by atomic mass is 10.2. The molecule has 1 aliphatic heterocycles. The van der Waals surface area contributed by atoms with Crippen LogP contribution >= 0.6 is 11.8 Å². The van der Waals surface area contributed by atoms with Gasteiger partial charge in [-0.05, 0) is 30.7 Å². The van der Waals surface area contributed by atoms with E-state index in [-0.39, 0.29) is 18.4 Å². The molecule has 0 spiro atoms. The summed E-state index contributed by atoms with van der Waals surface area (Å²) < 4.78 is 14.6. The summed E-state index contributed by atoms with van der Waals surface area (Å²) in [5.74, 6) is 1.15. The number of hydrogen-bond donors (Lipinski definition) is 2. The number of halogens is 1. The maximum absolute atomic E-state index is 13.0. The average molecular weight is 362 g/mol. The molecule has 0 unspecified atom stereocenters. The molecule has 2 amide bonds. The van der Waals surface area contributed by atoms with Crippen molar-refractivity contribution in [1.29, 1.82) is 0 Å². The van der Waals surface area contributed by atoms with Crippen LogP contribution in [0.15, 0.2) is 24.3 Å². The molecule has 0 saturated carbocycles. The number of carbonyl (C=O) groups is 2. The zero-order valence-electron chi connectivity index (χ0n) is 13.8. The lowest BCUT2D eigenvalue weighted by molar-refractivity contribution is -0.121. The summed E-state index contributed by atoms with van der Waals surface area (Å²) in [6.45, 7) is 2.64. The lowest BCUT2D eigenvalue weighted by Crippen LogP contribution is -2.29. The van der Waals surface area contributed by atoms with E-state index < -0.39 is 5.82 Å². The smallest absolute Gasteiger partial charge is 0.256 e. The van der Waals surface area contributed by atoms with Crippen LogP contribution in [0.5, 0.6) is 0 Å². The first-order valence-electron chi connectivity index (χ1n) is 8.08. The number of nitrogens with zero attached hydrogens (tertiary/aromatic N) is 2. The summed E-state index contributed by atoms with van der Waals surface area (Å²) in [4.78, 5) is 24.5. The summed E-state index contributed by atoms with van der Waals surface area (Å²) in [5, 5.41) is 10.1. The monoisotopic (exact) mass is 362 g/mol. The number of anilines is 1. The van der Waals surface area contributed by atoms with E-state index in [9.17, 15) is 14.0 Å². The number of carbonyl (C=O) groups excluding carboxylic acids is 2. The molecule has 0 fully saturated rings. The zero-order chi connectivity index (χ0) is 17.8. The fraction of sp³-hybridized carbons (Fsp3) is 0.353. The zero-order valence-corrected chi connectivity index (χ0v) is 14.7. The molecule has 0 aliphatic carbocycles. The maximum atomic E-state index is 13.0. The number of amides is 2. The first kappa shape index (κ1) is 17.5. The fourth-order valence-corrected chi connectivity index (χ4v) is 3.59. The van der Waals surface area contributed by atoms with Crippen LogP contribution in [0, 0.1) is 5.82 Å². The summed E-state index contributed by atoms with van der Waals surface area (Å²) >= 11 is 1.71. The Bertz CT molecular complexity index is 789. The molecule has 0 saturated heterocycles. The molecule has 1 aliphatic rings. The van der Waals surface area contributed by atoms with Gasteiger partial charge in [0.1, 0.15) is 18.2 Å². The molecule has 25 heavy (non-hydrogen) atoms. The summed E-state index contributed by atoms with van der Waals surface area (Å²) in [5.41, 5.74) is 2.19. The highest BCUT2D eigenvalue weighted by Crippen LogP contribution is 2.34. The second-order valence-corrected chi connectivity index (χ2v) is 6.72. The van der Waals surface area contributed by atoms with Gasteiger partial charge >= 0.3 is 0 Å². The standard InChI is InChI=1S/C17H19FN4O2S/c1-2-7-19-15(23)8-22-16(13-9-25-10-14(13)21-22)20-17(24)11-3-5-12(18)6-4-11/h3-6H,2,7-10H2,1H3,(H,19,23)(H,20,24).